The molecule has 7 nitrogen and oxygen atoms in total. The number of carbonyl (C=O) groups excluding carboxylic acids is 1. The van der Waals surface area contributed by atoms with Gasteiger partial charge in [0.05, 0.1) is 29.0 Å². The maximum absolute atomic E-state index is 12.2. The Morgan fingerprint density at radius 2 is 2.25 bits per heavy atom. The molecule has 0 aliphatic carbocycles. The van der Waals surface area contributed by atoms with Crippen LogP contribution in [0.4, 0.5) is 5.82 Å². The third-order valence-corrected chi connectivity index (χ3v) is 7.49. The first kappa shape index (κ1) is 17.4. The van der Waals surface area contributed by atoms with Crippen LogP contribution in [0.3, 0.4) is 0 Å². The molecule has 0 aromatic carbocycles. The fourth-order valence-corrected chi connectivity index (χ4v) is 5.90. The summed E-state index contributed by atoms with van der Waals surface area (Å²) in [5, 5.41) is 9.13. The second kappa shape index (κ2) is 6.85. The largest absolute Gasteiger partial charge is 0.310 e. The van der Waals surface area contributed by atoms with Crippen LogP contribution in [0.2, 0.25) is 0 Å². The van der Waals surface area contributed by atoms with Gasteiger partial charge in [0.2, 0.25) is 5.91 Å². The van der Waals surface area contributed by atoms with E-state index in [4.69, 9.17) is 0 Å². The number of hydrogen-bond acceptors (Lipinski definition) is 7. The Labute approximate surface area is 148 Å². The maximum atomic E-state index is 12.2. The van der Waals surface area contributed by atoms with Crippen molar-refractivity contribution in [3.05, 3.63) is 22.8 Å². The van der Waals surface area contributed by atoms with Crippen molar-refractivity contribution in [1.82, 2.24) is 14.8 Å². The molecule has 0 bridgehead atoms. The number of nitrogens with zero attached hydrogens (tertiary/aromatic N) is 3. The SMILES string of the molecule is Cc1csc(SCC(=O)Nc2cc(C)nn2C2CCS(=O)(=O)C2)n1. The highest BCUT2D eigenvalue weighted by Crippen LogP contribution is 2.27. The summed E-state index contributed by atoms with van der Waals surface area (Å²) in [6, 6.07) is 1.55. The van der Waals surface area contributed by atoms with Gasteiger partial charge in [0.25, 0.3) is 0 Å². The Kier molecular flexibility index (Phi) is 4.97. The second-order valence-electron chi connectivity index (χ2n) is 5.76. The van der Waals surface area contributed by atoms with Gasteiger partial charge in [-0.2, -0.15) is 5.10 Å². The predicted octanol–water partition coefficient (Wildman–Crippen LogP) is 2.05. The van der Waals surface area contributed by atoms with Gasteiger partial charge in [-0.15, -0.1) is 11.3 Å². The molecular weight excluding hydrogens is 368 g/mol. The van der Waals surface area contributed by atoms with E-state index in [-0.39, 0.29) is 29.2 Å². The summed E-state index contributed by atoms with van der Waals surface area (Å²) in [6.45, 7) is 3.74. The molecule has 1 amide bonds. The van der Waals surface area contributed by atoms with Gasteiger partial charge in [0.1, 0.15) is 5.82 Å². The average Bonchev–Trinajstić information content (AvgIpc) is 3.16. The van der Waals surface area contributed by atoms with Crippen molar-refractivity contribution in [3.8, 4) is 0 Å². The summed E-state index contributed by atoms with van der Waals surface area (Å²) in [7, 11) is -3.01. The summed E-state index contributed by atoms with van der Waals surface area (Å²) in [5.41, 5.74) is 1.69. The lowest BCUT2D eigenvalue weighted by Crippen LogP contribution is -2.20. The van der Waals surface area contributed by atoms with Crippen molar-refractivity contribution in [3.63, 3.8) is 0 Å². The molecule has 0 spiro atoms. The zero-order chi connectivity index (χ0) is 17.3. The molecule has 1 N–H and O–H groups in total. The minimum Gasteiger partial charge on any atom is -0.310 e. The molecule has 1 atom stereocenters. The molecule has 1 aliphatic rings. The van der Waals surface area contributed by atoms with Crippen molar-refractivity contribution in [2.45, 2.75) is 30.6 Å². The molecule has 3 heterocycles. The van der Waals surface area contributed by atoms with Crippen LogP contribution >= 0.6 is 23.1 Å². The lowest BCUT2D eigenvalue weighted by molar-refractivity contribution is -0.113. The fourth-order valence-electron chi connectivity index (χ4n) is 2.56. The quantitative estimate of drug-likeness (QED) is 0.791. The lowest BCUT2D eigenvalue weighted by atomic mass is 10.3. The van der Waals surface area contributed by atoms with E-state index >= 15 is 0 Å². The number of thiazole rings is 1. The molecule has 2 aromatic rings. The summed E-state index contributed by atoms with van der Waals surface area (Å²) >= 11 is 2.90. The minimum atomic E-state index is -3.01. The third-order valence-electron chi connectivity index (χ3n) is 3.60. The van der Waals surface area contributed by atoms with Crippen LogP contribution < -0.4 is 5.32 Å². The van der Waals surface area contributed by atoms with E-state index in [0.717, 1.165) is 15.7 Å². The van der Waals surface area contributed by atoms with Gasteiger partial charge < -0.3 is 5.32 Å². The molecular formula is C14H18N4O3S3. The number of sulfone groups is 1. The molecule has 130 valence electrons. The van der Waals surface area contributed by atoms with Crippen LogP contribution in [0.15, 0.2) is 15.8 Å². The van der Waals surface area contributed by atoms with E-state index < -0.39 is 9.84 Å². The first-order valence-electron chi connectivity index (χ1n) is 7.44. The Morgan fingerprint density at radius 1 is 1.46 bits per heavy atom. The number of nitrogens with one attached hydrogen (secondary N) is 1. The summed E-state index contributed by atoms with van der Waals surface area (Å²) in [5.74, 6) is 0.887. The van der Waals surface area contributed by atoms with Crippen molar-refractivity contribution in [1.29, 1.82) is 0 Å². The van der Waals surface area contributed by atoms with E-state index in [9.17, 15) is 13.2 Å². The topological polar surface area (TPSA) is 94.0 Å². The number of thioether (sulfide) groups is 1. The van der Waals surface area contributed by atoms with Gasteiger partial charge in [-0.1, -0.05) is 11.8 Å². The van der Waals surface area contributed by atoms with Crippen LogP contribution in [-0.2, 0) is 14.6 Å². The zero-order valence-corrected chi connectivity index (χ0v) is 15.8. The monoisotopic (exact) mass is 386 g/mol. The molecule has 0 saturated carbocycles. The number of rotatable bonds is 5. The summed E-state index contributed by atoms with van der Waals surface area (Å²) in [6.07, 6.45) is 0.527. The van der Waals surface area contributed by atoms with Gasteiger partial charge in [-0.05, 0) is 20.3 Å². The summed E-state index contributed by atoms with van der Waals surface area (Å²) < 4.78 is 25.8. The van der Waals surface area contributed by atoms with Crippen LogP contribution in [0.25, 0.3) is 0 Å². The molecule has 10 heteroatoms. The first-order valence-corrected chi connectivity index (χ1v) is 11.1. The van der Waals surface area contributed by atoms with Gasteiger partial charge in [-0.3, -0.25) is 4.79 Å². The highest BCUT2D eigenvalue weighted by Gasteiger charge is 2.31. The molecule has 0 radical (unpaired) electrons. The molecule has 1 aliphatic heterocycles. The van der Waals surface area contributed by atoms with Crippen LogP contribution in [0.5, 0.6) is 0 Å². The van der Waals surface area contributed by atoms with Crippen molar-refractivity contribution < 1.29 is 13.2 Å². The maximum Gasteiger partial charge on any atom is 0.235 e. The number of hydrogen-bond donors (Lipinski definition) is 1. The van der Waals surface area contributed by atoms with Crippen molar-refractivity contribution in [2.24, 2.45) is 0 Å². The highest BCUT2D eigenvalue weighted by atomic mass is 32.2. The van der Waals surface area contributed by atoms with Gasteiger partial charge in [0.15, 0.2) is 14.2 Å². The van der Waals surface area contributed by atoms with Gasteiger partial charge >= 0.3 is 0 Å². The molecule has 2 aromatic heterocycles. The number of aromatic nitrogens is 3. The Morgan fingerprint density at radius 3 is 2.88 bits per heavy atom. The second-order valence-corrected chi connectivity index (χ2v) is 10.1. The lowest BCUT2D eigenvalue weighted by Gasteiger charge is -2.13. The summed E-state index contributed by atoms with van der Waals surface area (Å²) in [4.78, 5) is 16.5. The van der Waals surface area contributed by atoms with E-state index in [1.807, 2.05) is 19.2 Å². The molecule has 1 fully saturated rings. The van der Waals surface area contributed by atoms with Gasteiger partial charge in [0, 0.05) is 17.1 Å². The van der Waals surface area contributed by atoms with E-state index in [2.05, 4.69) is 15.4 Å². The highest BCUT2D eigenvalue weighted by molar-refractivity contribution is 8.01. The molecule has 3 rings (SSSR count). The fraction of sp³-hybridized carbons (Fsp3) is 0.500. The van der Waals surface area contributed by atoms with E-state index in [1.54, 1.807) is 10.7 Å². The molecule has 1 unspecified atom stereocenters. The normalized spacial score (nSPS) is 19.5. The number of carbonyl (C=O) groups is 1. The molecule has 1 saturated heterocycles. The number of anilines is 1. The zero-order valence-electron chi connectivity index (χ0n) is 13.4. The smallest absolute Gasteiger partial charge is 0.235 e. The van der Waals surface area contributed by atoms with Crippen molar-refractivity contribution in [2.75, 3.05) is 22.6 Å². The van der Waals surface area contributed by atoms with E-state index in [0.29, 0.717) is 12.2 Å². The van der Waals surface area contributed by atoms with Crippen LogP contribution in [-0.4, -0.2) is 46.3 Å². The Balaban J connectivity index is 1.65. The Bertz CT molecular complexity index is 856. The third kappa shape index (κ3) is 4.17. The number of aryl methyl sites for hydroxylation is 2. The van der Waals surface area contributed by atoms with Gasteiger partial charge in [-0.25, -0.2) is 18.1 Å². The first-order chi connectivity index (χ1) is 11.3. The van der Waals surface area contributed by atoms with E-state index in [1.165, 1.54) is 23.1 Å². The average molecular weight is 387 g/mol. The van der Waals surface area contributed by atoms with Crippen molar-refractivity contribution >= 4 is 44.7 Å². The molecule has 24 heavy (non-hydrogen) atoms. The van der Waals surface area contributed by atoms with Crippen LogP contribution in [0.1, 0.15) is 23.9 Å². The predicted molar refractivity (Wildman–Crippen MR) is 95.5 cm³/mol. The minimum absolute atomic E-state index is 0.0735. The standard InChI is InChI=1S/C14H18N4O3S3/c1-9-5-12(18(17-9)11-3-4-24(20,21)8-11)16-13(19)7-23-14-15-10(2)6-22-14/h5-6,11H,3-4,7-8H2,1-2H3,(H,16,19). The number of amides is 1. The van der Waals surface area contributed by atoms with Crippen LogP contribution in [0, 0.1) is 13.8 Å². The Hall–Kier alpha value is -1.39.